The van der Waals surface area contributed by atoms with Gasteiger partial charge in [-0.25, -0.2) is 0 Å². The minimum absolute atomic E-state index is 0.355. The van der Waals surface area contributed by atoms with Gasteiger partial charge in [0.15, 0.2) is 0 Å². The monoisotopic (exact) mass is 211 g/mol. The molecular weight excluding hydrogens is 186 g/mol. The summed E-state index contributed by atoms with van der Waals surface area (Å²) in [7, 11) is 0. The third kappa shape index (κ3) is 4.33. The van der Waals surface area contributed by atoms with Gasteiger partial charge in [-0.05, 0) is 31.7 Å². The van der Waals surface area contributed by atoms with Crippen LogP contribution in [0.25, 0.3) is 0 Å². The first-order valence-electron chi connectivity index (χ1n) is 6.51. The van der Waals surface area contributed by atoms with E-state index in [4.69, 9.17) is 0 Å². The average Bonchev–Trinajstić information content (AvgIpc) is 2.29. The van der Waals surface area contributed by atoms with Crippen molar-refractivity contribution in [2.24, 2.45) is 11.8 Å². The van der Waals surface area contributed by atoms with E-state index in [9.17, 15) is 4.79 Å². The fourth-order valence-corrected chi connectivity index (χ4v) is 2.49. The molecule has 0 aromatic rings. The summed E-state index contributed by atoms with van der Waals surface area (Å²) in [6, 6.07) is 0. The third-order valence-corrected chi connectivity index (χ3v) is 3.54. The van der Waals surface area contributed by atoms with E-state index in [1.165, 1.54) is 19.3 Å². The van der Waals surface area contributed by atoms with Gasteiger partial charge in [0, 0.05) is 5.92 Å². The lowest BCUT2D eigenvalue weighted by atomic mass is 9.78. The van der Waals surface area contributed by atoms with Crippen LogP contribution >= 0.6 is 0 Å². The van der Waals surface area contributed by atoms with Crippen molar-refractivity contribution >= 4 is 5.78 Å². The Kier molecular flexibility index (Phi) is 5.92. The first-order chi connectivity index (χ1) is 7.27. The number of Topliss-reactive ketones (excluding diaryl/α,β-unsaturated/α-hetero) is 1. The van der Waals surface area contributed by atoms with Gasteiger partial charge in [-0.15, -0.1) is 0 Å². The molecular formula is C13H25NO. The van der Waals surface area contributed by atoms with Crippen molar-refractivity contribution in [2.45, 2.75) is 52.4 Å². The van der Waals surface area contributed by atoms with Gasteiger partial charge in [-0.3, -0.25) is 4.79 Å². The Morgan fingerprint density at radius 1 is 1.33 bits per heavy atom. The lowest BCUT2D eigenvalue weighted by Gasteiger charge is -2.27. The highest BCUT2D eigenvalue weighted by Gasteiger charge is 2.25. The van der Waals surface area contributed by atoms with Crippen LogP contribution in [0, 0.1) is 11.8 Å². The maximum Gasteiger partial charge on any atom is 0.149 e. The number of ketones is 1. The van der Waals surface area contributed by atoms with E-state index in [0.717, 1.165) is 31.7 Å². The highest BCUT2D eigenvalue weighted by Crippen LogP contribution is 2.31. The number of nitrogens with one attached hydrogen (secondary N) is 1. The summed E-state index contributed by atoms with van der Waals surface area (Å²) in [6.45, 7) is 5.93. The number of hydrogen-bond acceptors (Lipinski definition) is 2. The molecule has 88 valence electrons. The summed E-state index contributed by atoms with van der Waals surface area (Å²) in [6.07, 6.45) is 7.21. The van der Waals surface area contributed by atoms with Crippen molar-refractivity contribution < 1.29 is 4.79 Å². The lowest BCUT2D eigenvalue weighted by molar-refractivity contribution is -0.123. The molecule has 1 N–H and O–H groups in total. The Bertz CT molecular complexity index is 191. The molecule has 1 saturated carbocycles. The van der Waals surface area contributed by atoms with Crippen molar-refractivity contribution in [3.05, 3.63) is 0 Å². The molecule has 0 spiro atoms. The van der Waals surface area contributed by atoms with Crippen molar-refractivity contribution in [3.8, 4) is 0 Å². The molecule has 2 unspecified atom stereocenters. The fourth-order valence-electron chi connectivity index (χ4n) is 2.49. The predicted octanol–water partition coefficient (Wildman–Crippen LogP) is 2.77. The molecule has 0 radical (unpaired) electrons. The molecule has 1 fully saturated rings. The van der Waals surface area contributed by atoms with Crippen molar-refractivity contribution in [2.75, 3.05) is 13.1 Å². The van der Waals surface area contributed by atoms with Gasteiger partial charge in [-0.1, -0.05) is 33.1 Å². The summed E-state index contributed by atoms with van der Waals surface area (Å²) in [5.41, 5.74) is 0. The molecule has 2 atom stereocenters. The SMILES string of the molecule is CCCNCC(=O)C1CCCC(CC)C1. The van der Waals surface area contributed by atoms with Gasteiger partial charge in [0.25, 0.3) is 0 Å². The van der Waals surface area contributed by atoms with Crippen molar-refractivity contribution in [1.29, 1.82) is 0 Å². The van der Waals surface area contributed by atoms with Crippen LogP contribution in [0.15, 0.2) is 0 Å². The second-order valence-electron chi connectivity index (χ2n) is 4.78. The van der Waals surface area contributed by atoms with Crippen LogP contribution in [-0.2, 0) is 4.79 Å². The molecule has 0 bridgehead atoms. The molecule has 1 aliphatic carbocycles. The van der Waals surface area contributed by atoms with Crippen LogP contribution in [0.1, 0.15) is 52.4 Å². The number of rotatable bonds is 6. The molecule has 2 heteroatoms. The zero-order valence-corrected chi connectivity index (χ0v) is 10.2. The highest BCUT2D eigenvalue weighted by molar-refractivity contribution is 5.83. The van der Waals surface area contributed by atoms with Crippen LogP contribution in [0.3, 0.4) is 0 Å². The van der Waals surface area contributed by atoms with E-state index in [1.54, 1.807) is 0 Å². The van der Waals surface area contributed by atoms with Gasteiger partial charge in [0.2, 0.25) is 0 Å². The van der Waals surface area contributed by atoms with E-state index in [-0.39, 0.29) is 0 Å². The summed E-state index contributed by atoms with van der Waals surface area (Å²) in [5.74, 6) is 1.61. The van der Waals surface area contributed by atoms with Gasteiger partial charge in [0.1, 0.15) is 5.78 Å². The Hall–Kier alpha value is -0.370. The minimum atomic E-state index is 0.355. The van der Waals surface area contributed by atoms with Crippen LogP contribution in [0.5, 0.6) is 0 Å². The summed E-state index contributed by atoms with van der Waals surface area (Å²) >= 11 is 0. The smallest absolute Gasteiger partial charge is 0.149 e. The van der Waals surface area contributed by atoms with E-state index >= 15 is 0 Å². The molecule has 0 heterocycles. The lowest BCUT2D eigenvalue weighted by Crippen LogP contribution is -2.31. The maximum absolute atomic E-state index is 11.9. The molecule has 1 aliphatic rings. The highest BCUT2D eigenvalue weighted by atomic mass is 16.1. The molecule has 0 aliphatic heterocycles. The Morgan fingerprint density at radius 3 is 2.80 bits per heavy atom. The summed E-state index contributed by atoms with van der Waals surface area (Å²) < 4.78 is 0. The Morgan fingerprint density at radius 2 is 2.13 bits per heavy atom. The quantitative estimate of drug-likeness (QED) is 0.684. The van der Waals surface area contributed by atoms with Crippen molar-refractivity contribution in [1.82, 2.24) is 5.32 Å². The standard InChI is InChI=1S/C13H25NO/c1-3-8-14-10-13(15)12-7-5-6-11(4-2)9-12/h11-12,14H,3-10H2,1-2H3. The molecule has 0 aromatic carbocycles. The minimum Gasteiger partial charge on any atom is -0.310 e. The second kappa shape index (κ2) is 7.00. The Balaban J connectivity index is 2.25. The van der Waals surface area contributed by atoms with E-state index in [0.29, 0.717) is 18.2 Å². The van der Waals surface area contributed by atoms with Gasteiger partial charge >= 0.3 is 0 Å². The molecule has 1 rings (SSSR count). The molecule has 0 aromatic heterocycles. The first kappa shape index (κ1) is 12.7. The fraction of sp³-hybridized carbons (Fsp3) is 0.923. The zero-order valence-electron chi connectivity index (χ0n) is 10.2. The van der Waals surface area contributed by atoms with Gasteiger partial charge in [0.05, 0.1) is 6.54 Å². The number of carbonyl (C=O) groups excluding carboxylic acids is 1. The third-order valence-electron chi connectivity index (χ3n) is 3.54. The van der Waals surface area contributed by atoms with E-state index in [2.05, 4.69) is 19.2 Å². The topological polar surface area (TPSA) is 29.1 Å². The molecule has 0 amide bonds. The van der Waals surface area contributed by atoms with Gasteiger partial charge in [-0.2, -0.15) is 0 Å². The summed E-state index contributed by atoms with van der Waals surface area (Å²) in [5, 5.41) is 3.22. The maximum atomic E-state index is 11.9. The Labute approximate surface area is 93.8 Å². The van der Waals surface area contributed by atoms with Crippen molar-refractivity contribution in [3.63, 3.8) is 0 Å². The normalized spacial score (nSPS) is 26.5. The molecule has 15 heavy (non-hydrogen) atoms. The van der Waals surface area contributed by atoms with E-state index in [1.807, 2.05) is 0 Å². The largest absolute Gasteiger partial charge is 0.310 e. The van der Waals surface area contributed by atoms with Crippen LogP contribution in [0.4, 0.5) is 0 Å². The van der Waals surface area contributed by atoms with Crippen LogP contribution < -0.4 is 5.32 Å². The van der Waals surface area contributed by atoms with Crippen LogP contribution in [0.2, 0.25) is 0 Å². The average molecular weight is 211 g/mol. The molecule has 2 nitrogen and oxygen atoms in total. The molecule has 0 saturated heterocycles. The number of carbonyl (C=O) groups is 1. The summed E-state index contributed by atoms with van der Waals surface area (Å²) in [4.78, 5) is 11.9. The second-order valence-corrected chi connectivity index (χ2v) is 4.78. The zero-order chi connectivity index (χ0) is 11.1. The first-order valence-corrected chi connectivity index (χ1v) is 6.51. The van der Waals surface area contributed by atoms with E-state index < -0.39 is 0 Å². The van der Waals surface area contributed by atoms with Crippen LogP contribution in [-0.4, -0.2) is 18.9 Å². The predicted molar refractivity (Wildman–Crippen MR) is 63.9 cm³/mol. The number of hydrogen-bond donors (Lipinski definition) is 1. The van der Waals surface area contributed by atoms with Gasteiger partial charge < -0.3 is 5.32 Å².